The van der Waals surface area contributed by atoms with Gasteiger partial charge in [-0.05, 0) is 18.2 Å². The Labute approximate surface area is 102 Å². The average Bonchev–Trinajstić information content (AvgIpc) is 2.84. The van der Waals surface area contributed by atoms with Crippen molar-refractivity contribution in [2.24, 2.45) is 5.73 Å². The molecular formula is C13H10FN3O. The lowest BCUT2D eigenvalue weighted by Gasteiger charge is -2.06. The number of rotatable bonds is 2. The second-order valence-corrected chi connectivity index (χ2v) is 3.92. The van der Waals surface area contributed by atoms with Gasteiger partial charge in [0.05, 0.1) is 5.69 Å². The van der Waals surface area contributed by atoms with Crippen molar-refractivity contribution < 1.29 is 8.81 Å². The highest BCUT2D eigenvalue weighted by molar-refractivity contribution is 5.78. The molecule has 1 unspecified atom stereocenters. The van der Waals surface area contributed by atoms with Gasteiger partial charge in [-0.1, -0.05) is 12.1 Å². The zero-order chi connectivity index (χ0) is 12.5. The number of halogens is 1. The minimum Gasteiger partial charge on any atom is -0.456 e. The summed E-state index contributed by atoms with van der Waals surface area (Å²) in [6.07, 6.45) is 3.02. The van der Waals surface area contributed by atoms with Crippen LogP contribution in [0.3, 0.4) is 0 Å². The van der Waals surface area contributed by atoms with Gasteiger partial charge >= 0.3 is 0 Å². The van der Waals surface area contributed by atoms with E-state index in [0.29, 0.717) is 16.8 Å². The Hall–Kier alpha value is -2.27. The van der Waals surface area contributed by atoms with Gasteiger partial charge in [-0.15, -0.1) is 0 Å². The predicted octanol–water partition coefficient (Wildman–Crippen LogP) is 2.41. The smallest absolute Gasteiger partial charge is 0.169 e. The fraction of sp³-hybridized carbons (Fsp3) is 0.0769. The second kappa shape index (κ2) is 4.19. The summed E-state index contributed by atoms with van der Waals surface area (Å²) in [6, 6.07) is 7.66. The molecule has 0 aliphatic heterocycles. The largest absolute Gasteiger partial charge is 0.456 e. The van der Waals surface area contributed by atoms with Crippen molar-refractivity contribution in [1.82, 2.24) is 9.97 Å². The minimum absolute atomic E-state index is 0.219. The van der Waals surface area contributed by atoms with E-state index in [0.717, 1.165) is 0 Å². The summed E-state index contributed by atoms with van der Waals surface area (Å²) in [4.78, 5) is 7.88. The van der Waals surface area contributed by atoms with Gasteiger partial charge in [0.25, 0.3) is 0 Å². The summed E-state index contributed by atoms with van der Waals surface area (Å²) in [5.74, 6) is 0.0856. The van der Waals surface area contributed by atoms with Crippen molar-refractivity contribution in [1.29, 1.82) is 0 Å². The van der Waals surface area contributed by atoms with Crippen LogP contribution in [0, 0.1) is 5.82 Å². The van der Waals surface area contributed by atoms with Crippen LogP contribution >= 0.6 is 0 Å². The van der Waals surface area contributed by atoms with Gasteiger partial charge in [0, 0.05) is 11.6 Å². The Morgan fingerprint density at radius 2 is 2.17 bits per heavy atom. The summed E-state index contributed by atoms with van der Waals surface area (Å²) in [5, 5.41) is 0.689. The first-order chi connectivity index (χ1) is 8.75. The highest BCUT2D eigenvalue weighted by atomic mass is 19.1. The van der Waals surface area contributed by atoms with E-state index >= 15 is 0 Å². The molecular weight excluding hydrogens is 233 g/mol. The first-order valence-corrected chi connectivity index (χ1v) is 5.45. The molecule has 1 atom stereocenters. The lowest BCUT2D eigenvalue weighted by Crippen LogP contribution is -2.12. The molecule has 90 valence electrons. The number of nitrogens with two attached hydrogens (primary N) is 1. The fourth-order valence-corrected chi connectivity index (χ4v) is 1.83. The van der Waals surface area contributed by atoms with Crippen molar-refractivity contribution >= 4 is 11.0 Å². The highest BCUT2D eigenvalue weighted by Gasteiger charge is 2.16. The van der Waals surface area contributed by atoms with Crippen molar-refractivity contribution in [3.05, 3.63) is 60.1 Å². The number of hydrogen-bond acceptors (Lipinski definition) is 4. The molecule has 0 fully saturated rings. The number of fused-ring (bicyclic) bond motifs is 1. The molecule has 4 nitrogen and oxygen atoms in total. The first-order valence-electron chi connectivity index (χ1n) is 5.45. The average molecular weight is 243 g/mol. The van der Waals surface area contributed by atoms with Crippen LogP contribution < -0.4 is 5.73 Å². The van der Waals surface area contributed by atoms with Crippen LogP contribution in [0.4, 0.5) is 4.39 Å². The predicted molar refractivity (Wildman–Crippen MR) is 64.2 cm³/mol. The SMILES string of the molecule is NC(c1ccncn1)c1cc2cccc(F)c2o1. The molecule has 2 aromatic heterocycles. The molecule has 0 aliphatic carbocycles. The van der Waals surface area contributed by atoms with Gasteiger partial charge in [-0.2, -0.15) is 0 Å². The van der Waals surface area contributed by atoms with Crippen LogP contribution in [0.5, 0.6) is 0 Å². The molecule has 0 amide bonds. The van der Waals surface area contributed by atoms with Crippen molar-refractivity contribution in [2.45, 2.75) is 6.04 Å². The number of aromatic nitrogens is 2. The van der Waals surface area contributed by atoms with Crippen LogP contribution in [0.15, 0.2) is 47.3 Å². The van der Waals surface area contributed by atoms with Gasteiger partial charge < -0.3 is 10.2 Å². The lowest BCUT2D eigenvalue weighted by molar-refractivity contribution is 0.499. The van der Waals surface area contributed by atoms with Crippen molar-refractivity contribution in [3.8, 4) is 0 Å². The molecule has 0 saturated carbocycles. The van der Waals surface area contributed by atoms with Crippen LogP contribution in [0.25, 0.3) is 11.0 Å². The maximum atomic E-state index is 13.5. The minimum atomic E-state index is -0.528. The maximum absolute atomic E-state index is 13.5. The van der Waals surface area contributed by atoms with Gasteiger partial charge in [0.15, 0.2) is 11.4 Å². The first kappa shape index (κ1) is 10.9. The molecule has 2 N–H and O–H groups in total. The lowest BCUT2D eigenvalue weighted by atomic mass is 10.1. The van der Waals surface area contributed by atoms with E-state index in [2.05, 4.69) is 9.97 Å². The molecule has 1 aromatic carbocycles. The summed E-state index contributed by atoms with van der Waals surface area (Å²) >= 11 is 0. The number of nitrogens with zero attached hydrogens (tertiary/aromatic N) is 2. The zero-order valence-corrected chi connectivity index (χ0v) is 9.38. The molecule has 0 saturated heterocycles. The Morgan fingerprint density at radius 1 is 1.28 bits per heavy atom. The molecule has 3 rings (SSSR count). The zero-order valence-electron chi connectivity index (χ0n) is 9.38. The Balaban J connectivity index is 2.07. The van der Waals surface area contributed by atoms with E-state index in [1.54, 1.807) is 30.5 Å². The van der Waals surface area contributed by atoms with E-state index < -0.39 is 11.9 Å². The normalized spacial score (nSPS) is 12.8. The molecule has 0 aliphatic rings. The number of furan rings is 1. The van der Waals surface area contributed by atoms with Crippen LogP contribution in [-0.2, 0) is 0 Å². The molecule has 5 heteroatoms. The number of para-hydroxylation sites is 1. The standard InChI is InChI=1S/C13H10FN3O/c14-9-3-1-2-8-6-11(18-13(8)9)12(15)10-4-5-16-7-17-10/h1-7,12H,15H2. The third-order valence-electron chi connectivity index (χ3n) is 2.75. The third kappa shape index (κ3) is 1.74. The van der Waals surface area contributed by atoms with Crippen LogP contribution in [0.1, 0.15) is 17.5 Å². The summed E-state index contributed by atoms with van der Waals surface area (Å²) < 4.78 is 19.0. The van der Waals surface area contributed by atoms with E-state index in [-0.39, 0.29) is 5.58 Å². The van der Waals surface area contributed by atoms with Crippen molar-refractivity contribution in [2.75, 3.05) is 0 Å². The van der Waals surface area contributed by atoms with E-state index in [1.807, 2.05) is 0 Å². The van der Waals surface area contributed by atoms with Gasteiger partial charge in [-0.3, -0.25) is 0 Å². The van der Waals surface area contributed by atoms with Crippen LogP contribution in [-0.4, -0.2) is 9.97 Å². The Morgan fingerprint density at radius 3 is 2.89 bits per heavy atom. The van der Waals surface area contributed by atoms with Gasteiger partial charge in [0.1, 0.15) is 18.1 Å². The van der Waals surface area contributed by atoms with E-state index in [1.165, 1.54) is 12.4 Å². The molecule has 3 aromatic rings. The topological polar surface area (TPSA) is 64.9 Å². The van der Waals surface area contributed by atoms with E-state index in [9.17, 15) is 4.39 Å². The monoisotopic (exact) mass is 243 g/mol. The molecule has 2 heterocycles. The fourth-order valence-electron chi connectivity index (χ4n) is 1.83. The van der Waals surface area contributed by atoms with Crippen LogP contribution in [0.2, 0.25) is 0 Å². The summed E-state index contributed by atoms with van der Waals surface area (Å²) in [7, 11) is 0. The number of benzene rings is 1. The molecule has 0 bridgehead atoms. The highest BCUT2D eigenvalue weighted by Crippen LogP contribution is 2.27. The Kier molecular flexibility index (Phi) is 2.53. The molecule has 0 spiro atoms. The Bertz CT molecular complexity index is 681. The summed E-state index contributed by atoms with van der Waals surface area (Å²) in [6.45, 7) is 0. The molecule has 18 heavy (non-hydrogen) atoms. The van der Waals surface area contributed by atoms with Gasteiger partial charge in [0.2, 0.25) is 0 Å². The van der Waals surface area contributed by atoms with Gasteiger partial charge in [-0.25, -0.2) is 14.4 Å². The third-order valence-corrected chi connectivity index (χ3v) is 2.75. The van der Waals surface area contributed by atoms with Crippen molar-refractivity contribution in [3.63, 3.8) is 0 Å². The summed E-state index contributed by atoms with van der Waals surface area (Å²) in [5.41, 5.74) is 6.87. The van der Waals surface area contributed by atoms with E-state index in [4.69, 9.17) is 10.2 Å². The quantitative estimate of drug-likeness (QED) is 0.750. The second-order valence-electron chi connectivity index (χ2n) is 3.92. The maximum Gasteiger partial charge on any atom is 0.169 e. The molecule has 0 radical (unpaired) electrons. The number of hydrogen-bond donors (Lipinski definition) is 1.